The fourth-order valence-corrected chi connectivity index (χ4v) is 5.40. The molecule has 4 atom stereocenters. The lowest BCUT2D eigenvalue weighted by molar-refractivity contribution is -0.204. The van der Waals surface area contributed by atoms with E-state index in [1.54, 1.807) is 24.4 Å². The first kappa shape index (κ1) is 28.4. The van der Waals surface area contributed by atoms with E-state index in [-0.39, 0.29) is 35.8 Å². The van der Waals surface area contributed by atoms with Crippen molar-refractivity contribution in [1.29, 1.82) is 10.7 Å². The third-order valence-electron chi connectivity index (χ3n) is 7.70. The molecular formula is C26H39N5O6Si. The number of rotatable bonds is 7. The highest BCUT2D eigenvalue weighted by atomic mass is 28.4. The van der Waals surface area contributed by atoms with Gasteiger partial charge in [-0.05, 0) is 44.1 Å². The summed E-state index contributed by atoms with van der Waals surface area (Å²) in [5.41, 5.74) is -0.144. The highest BCUT2D eigenvalue weighted by molar-refractivity contribution is 6.74. The second-order valence-electron chi connectivity index (χ2n) is 12.4. The van der Waals surface area contributed by atoms with Crippen LogP contribution in [0.5, 0.6) is 0 Å². The summed E-state index contributed by atoms with van der Waals surface area (Å²) >= 11 is 0. The Morgan fingerprint density at radius 2 is 1.95 bits per heavy atom. The normalized spacial score (nSPS) is 27.0. The highest BCUT2D eigenvalue weighted by Crippen LogP contribution is 2.50. The second-order valence-corrected chi connectivity index (χ2v) is 17.2. The predicted molar refractivity (Wildman–Crippen MR) is 139 cm³/mol. The molecule has 2 aliphatic rings. The molecule has 0 bridgehead atoms. The van der Waals surface area contributed by atoms with E-state index in [0.717, 1.165) is 0 Å². The predicted octanol–water partition coefficient (Wildman–Crippen LogP) is 3.65. The van der Waals surface area contributed by atoms with Crippen LogP contribution < -0.4 is 5.49 Å². The Morgan fingerprint density at radius 1 is 1.26 bits per heavy atom. The smallest absolute Gasteiger partial charge is 0.310 e. The molecule has 0 unspecified atom stereocenters. The van der Waals surface area contributed by atoms with E-state index < -0.39 is 38.0 Å². The number of carbonyl (C=O) groups excluding carboxylic acids is 1. The molecular weight excluding hydrogens is 506 g/mol. The average molecular weight is 546 g/mol. The lowest BCUT2D eigenvalue weighted by Gasteiger charge is -2.39. The number of nitrogens with zero attached hydrogens (tertiary/aromatic N) is 4. The molecule has 0 aromatic carbocycles. The summed E-state index contributed by atoms with van der Waals surface area (Å²) in [4.78, 5) is 11.9. The first-order valence-electron chi connectivity index (χ1n) is 12.9. The molecule has 11 nitrogen and oxygen atoms in total. The Labute approximate surface area is 224 Å². The maximum atomic E-state index is 11.9. The molecule has 2 aromatic rings. The molecule has 4 rings (SSSR count). The summed E-state index contributed by atoms with van der Waals surface area (Å²) in [5.74, 6) is -1.54. The van der Waals surface area contributed by atoms with Crippen LogP contribution in [0.15, 0.2) is 18.5 Å². The topological polar surface area (TPSA) is 133 Å². The Balaban J connectivity index is 1.68. The molecule has 208 valence electrons. The number of nitrogens with one attached hydrogen (secondary N) is 1. The van der Waals surface area contributed by atoms with E-state index in [1.165, 1.54) is 10.9 Å². The van der Waals surface area contributed by atoms with Gasteiger partial charge in [-0.25, -0.2) is 4.52 Å². The number of nitriles is 1. The summed E-state index contributed by atoms with van der Waals surface area (Å²) in [7, 11) is -2.19. The maximum Gasteiger partial charge on any atom is 0.310 e. The molecule has 4 heterocycles. The quantitative estimate of drug-likeness (QED) is 0.412. The van der Waals surface area contributed by atoms with Crippen LogP contribution in [0.2, 0.25) is 18.1 Å². The van der Waals surface area contributed by atoms with Gasteiger partial charge in [0.15, 0.2) is 26.3 Å². The van der Waals surface area contributed by atoms with Crippen LogP contribution in [0, 0.1) is 22.7 Å². The minimum absolute atomic E-state index is 0.0432. The Morgan fingerprint density at radius 3 is 2.55 bits per heavy atom. The molecule has 0 radical (unpaired) electrons. The maximum absolute atomic E-state index is 11.9. The summed E-state index contributed by atoms with van der Waals surface area (Å²) in [5, 5.41) is 23.5. The van der Waals surface area contributed by atoms with Crippen LogP contribution in [0.4, 0.5) is 0 Å². The van der Waals surface area contributed by atoms with Crippen molar-refractivity contribution < 1.29 is 28.2 Å². The van der Waals surface area contributed by atoms with Crippen molar-refractivity contribution in [3.63, 3.8) is 0 Å². The molecule has 2 saturated heterocycles. The SMILES string of the molecule is CC(C)C(=O)OCn1cnn2c([C@@H]3O[C@](C#N)(CO[Si](C)(C)C(C)(C)C)[C@H]4OC(C)(C)O[C@@H]34)ccc2c1=N. The van der Waals surface area contributed by atoms with Gasteiger partial charge in [0.2, 0.25) is 5.60 Å². The first-order valence-corrected chi connectivity index (χ1v) is 15.8. The molecule has 2 fully saturated rings. The van der Waals surface area contributed by atoms with Gasteiger partial charge in [-0.15, -0.1) is 0 Å². The van der Waals surface area contributed by atoms with E-state index in [4.69, 9.17) is 28.8 Å². The minimum atomic E-state index is -2.19. The van der Waals surface area contributed by atoms with Gasteiger partial charge in [0.1, 0.15) is 36.2 Å². The average Bonchev–Trinajstić information content (AvgIpc) is 3.46. The zero-order chi connectivity index (χ0) is 28.3. The van der Waals surface area contributed by atoms with Crippen LogP contribution in [-0.2, 0) is 34.9 Å². The third-order valence-corrected chi connectivity index (χ3v) is 12.2. The standard InChI is InChI=1S/C26H39N5O6Si/c1-16(2)23(32)33-15-30-14-29-31-17(10-11-18(31)22(30)28)19-20-21(37-25(6,7)35-20)26(12-27,36-19)13-34-38(8,9)24(3,4)5/h10-11,14,16,19-21,28H,13,15H2,1-9H3/t19-,20-,21-,26+/m0/s1. The molecule has 2 aliphatic heterocycles. The van der Waals surface area contributed by atoms with Gasteiger partial charge in [-0.3, -0.25) is 14.8 Å². The van der Waals surface area contributed by atoms with Crippen LogP contribution in [0.3, 0.4) is 0 Å². The van der Waals surface area contributed by atoms with E-state index in [9.17, 15) is 10.1 Å². The van der Waals surface area contributed by atoms with E-state index in [2.05, 4.69) is 45.0 Å². The Bertz CT molecular complexity index is 1320. The Hall–Kier alpha value is -2.56. The molecule has 38 heavy (non-hydrogen) atoms. The van der Waals surface area contributed by atoms with Gasteiger partial charge < -0.3 is 23.4 Å². The van der Waals surface area contributed by atoms with E-state index >= 15 is 0 Å². The van der Waals surface area contributed by atoms with Crippen molar-refractivity contribution >= 4 is 19.8 Å². The molecule has 1 N–H and O–H groups in total. The van der Waals surface area contributed by atoms with E-state index in [0.29, 0.717) is 11.2 Å². The molecule has 0 saturated carbocycles. The summed E-state index contributed by atoms with van der Waals surface area (Å²) in [6, 6.07) is 5.92. The van der Waals surface area contributed by atoms with Crippen molar-refractivity contribution in [3.8, 4) is 6.07 Å². The van der Waals surface area contributed by atoms with Gasteiger partial charge in [0.25, 0.3) is 0 Å². The zero-order valence-corrected chi connectivity index (χ0v) is 24.7. The monoisotopic (exact) mass is 545 g/mol. The first-order chi connectivity index (χ1) is 17.5. The highest BCUT2D eigenvalue weighted by Gasteiger charge is 2.65. The van der Waals surface area contributed by atoms with Gasteiger partial charge in [0, 0.05) is 0 Å². The number of carbonyl (C=O) groups is 1. The number of hydrogen-bond acceptors (Lipinski definition) is 9. The van der Waals surface area contributed by atoms with Crippen molar-refractivity contribution in [2.45, 2.75) is 103 Å². The van der Waals surface area contributed by atoms with E-state index in [1.807, 2.05) is 19.9 Å². The van der Waals surface area contributed by atoms with Gasteiger partial charge in [-0.1, -0.05) is 34.6 Å². The van der Waals surface area contributed by atoms with Crippen LogP contribution in [-0.4, -0.2) is 58.7 Å². The van der Waals surface area contributed by atoms with Gasteiger partial charge in [0.05, 0.1) is 18.2 Å². The molecule has 0 spiro atoms. The van der Waals surface area contributed by atoms with Crippen LogP contribution in [0.1, 0.15) is 60.3 Å². The van der Waals surface area contributed by atoms with Crippen molar-refractivity contribution in [2.75, 3.05) is 6.61 Å². The Kier molecular flexibility index (Phi) is 7.16. The number of esters is 1. The number of ether oxygens (including phenoxy) is 4. The lowest BCUT2D eigenvalue weighted by atomic mass is 9.96. The van der Waals surface area contributed by atoms with Gasteiger partial charge in [-0.2, -0.15) is 10.4 Å². The summed E-state index contributed by atoms with van der Waals surface area (Å²) < 4.78 is 33.8. The molecule has 12 heteroatoms. The summed E-state index contributed by atoms with van der Waals surface area (Å²) in [6.45, 7) is 17.8. The fourth-order valence-electron chi connectivity index (χ4n) is 4.39. The number of fused-ring (bicyclic) bond motifs is 2. The fraction of sp³-hybridized carbons (Fsp3) is 0.692. The second kappa shape index (κ2) is 9.57. The molecule has 0 aliphatic carbocycles. The molecule has 0 amide bonds. The largest absolute Gasteiger partial charge is 0.444 e. The number of aromatic nitrogens is 3. The zero-order valence-electron chi connectivity index (χ0n) is 23.7. The van der Waals surface area contributed by atoms with Crippen molar-refractivity contribution in [1.82, 2.24) is 14.2 Å². The summed E-state index contributed by atoms with van der Waals surface area (Å²) in [6.07, 6.45) is -0.510. The van der Waals surface area contributed by atoms with Crippen LogP contribution in [0.25, 0.3) is 5.52 Å². The molecule has 2 aromatic heterocycles. The van der Waals surface area contributed by atoms with Crippen LogP contribution >= 0.6 is 0 Å². The third kappa shape index (κ3) is 4.93. The lowest BCUT2D eigenvalue weighted by Crippen LogP contribution is -2.51. The van der Waals surface area contributed by atoms with Crippen molar-refractivity contribution in [2.24, 2.45) is 5.92 Å². The van der Waals surface area contributed by atoms with Gasteiger partial charge >= 0.3 is 5.97 Å². The minimum Gasteiger partial charge on any atom is -0.444 e. The number of hydrogen-bond donors (Lipinski definition) is 1. The van der Waals surface area contributed by atoms with Crippen molar-refractivity contribution in [3.05, 3.63) is 29.6 Å².